The van der Waals surface area contributed by atoms with Gasteiger partial charge < -0.3 is 4.74 Å². The summed E-state index contributed by atoms with van der Waals surface area (Å²) in [7, 11) is 0. The van der Waals surface area contributed by atoms with Crippen LogP contribution in [0.1, 0.15) is 24.2 Å². The zero-order valence-corrected chi connectivity index (χ0v) is 10.9. The van der Waals surface area contributed by atoms with Gasteiger partial charge in [0, 0.05) is 4.83 Å². The maximum Gasteiger partial charge on any atom is 0.133 e. The van der Waals surface area contributed by atoms with Gasteiger partial charge in [0.25, 0.3) is 0 Å². The van der Waals surface area contributed by atoms with Crippen LogP contribution in [0, 0.1) is 0 Å². The second-order valence-electron chi connectivity index (χ2n) is 2.74. The summed E-state index contributed by atoms with van der Waals surface area (Å²) in [6, 6.07) is 6.13. The van der Waals surface area contributed by atoms with Gasteiger partial charge in [0.15, 0.2) is 0 Å². The summed E-state index contributed by atoms with van der Waals surface area (Å²) in [5, 5.41) is 0. The first kappa shape index (κ1) is 11.1. The standard InChI is InChI=1S/C10H12Br2O/c1-3-13-10-5-4-8(7(2)11)6-9(10)12/h4-7H,3H2,1-2H3. The molecule has 72 valence electrons. The molecule has 3 heteroatoms. The van der Waals surface area contributed by atoms with E-state index in [1.54, 1.807) is 0 Å². The summed E-state index contributed by atoms with van der Waals surface area (Å²) >= 11 is 6.99. The Morgan fingerprint density at radius 3 is 2.62 bits per heavy atom. The molecule has 0 aliphatic rings. The molecular weight excluding hydrogens is 296 g/mol. The fraction of sp³-hybridized carbons (Fsp3) is 0.400. The van der Waals surface area contributed by atoms with Gasteiger partial charge in [-0.2, -0.15) is 0 Å². The fourth-order valence-corrected chi connectivity index (χ4v) is 1.83. The maximum absolute atomic E-state index is 5.41. The molecule has 1 aromatic carbocycles. The third-order valence-corrected chi connectivity index (χ3v) is 2.86. The van der Waals surface area contributed by atoms with Crippen LogP contribution in [-0.2, 0) is 0 Å². The summed E-state index contributed by atoms with van der Waals surface area (Å²) in [5.41, 5.74) is 1.25. The van der Waals surface area contributed by atoms with Crippen molar-refractivity contribution in [1.29, 1.82) is 0 Å². The van der Waals surface area contributed by atoms with E-state index < -0.39 is 0 Å². The molecule has 0 heterocycles. The minimum absolute atomic E-state index is 0.375. The average molecular weight is 308 g/mol. The van der Waals surface area contributed by atoms with Gasteiger partial charge in [0.05, 0.1) is 11.1 Å². The lowest BCUT2D eigenvalue weighted by Crippen LogP contribution is -1.93. The number of alkyl halides is 1. The molecule has 0 saturated heterocycles. The first-order chi connectivity index (χ1) is 6.15. The summed E-state index contributed by atoms with van der Waals surface area (Å²) in [4.78, 5) is 0.375. The molecule has 0 saturated carbocycles. The van der Waals surface area contributed by atoms with Crippen LogP contribution in [-0.4, -0.2) is 6.61 Å². The molecule has 1 nitrogen and oxygen atoms in total. The second kappa shape index (κ2) is 5.01. The number of benzene rings is 1. The lowest BCUT2D eigenvalue weighted by molar-refractivity contribution is 0.338. The molecule has 0 N–H and O–H groups in total. The van der Waals surface area contributed by atoms with Crippen molar-refractivity contribution in [3.05, 3.63) is 28.2 Å². The van der Waals surface area contributed by atoms with Crippen LogP contribution in [0.3, 0.4) is 0 Å². The SMILES string of the molecule is CCOc1ccc(C(C)Br)cc1Br. The Morgan fingerprint density at radius 2 is 2.15 bits per heavy atom. The topological polar surface area (TPSA) is 9.23 Å². The van der Waals surface area contributed by atoms with E-state index in [2.05, 4.69) is 50.9 Å². The van der Waals surface area contributed by atoms with Gasteiger partial charge in [-0.05, 0) is 47.5 Å². The largest absolute Gasteiger partial charge is 0.493 e. The highest BCUT2D eigenvalue weighted by molar-refractivity contribution is 9.10. The first-order valence-electron chi connectivity index (χ1n) is 4.21. The molecule has 0 aromatic heterocycles. The van der Waals surface area contributed by atoms with Crippen LogP contribution in [0.4, 0.5) is 0 Å². The maximum atomic E-state index is 5.41. The Bertz CT molecular complexity index is 284. The first-order valence-corrected chi connectivity index (χ1v) is 5.92. The number of halogens is 2. The van der Waals surface area contributed by atoms with Gasteiger partial charge in [-0.15, -0.1) is 0 Å². The van der Waals surface area contributed by atoms with Crippen LogP contribution in [0.15, 0.2) is 22.7 Å². The smallest absolute Gasteiger partial charge is 0.133 e. The Hall–Kier alpha value is -0.0200. The van der Waals surface area contributed by atoms with Crippen molar-refractivity contribution < 1.29 is 4.74 Å². The lowest BCUT2D eigenvalue weighted by Gasteiger charge is -2.08. The molecule has 0 fully saturated rings. The number of ether oxygens (including phenoxy) is 1. The lowest BCUT2D eigenvalue weighted by atomic mass is 10.2. The molecule has 1 unspecified atom stereocenters. The Kier molecular flexibility index (Phi) is 4.26. The quantitative estimate of drug-likeness (QED) is 0.756. The molecule has 0 radical (unpaired) electrons. The van der Waals surface area contributed by atoms with Gasteiger partial charge in [-0.3, -0.25) is 0 Å². The molecule has 0 aliphatic carbocycles. The predicted octanol–water partition coefficient (Wildman–Crippen LogP) is 4.30. The molecular formula is C10H12Br2O. The van der Waals surface area contributed by atoms with Crippen molar-refractivity contribution in [2.45, 2.75) is 18.7 Å². The van der Waals surface area contributed by atoms with E-state index in [4.69, 9.17) is 4.74 Å². The molecule has 1 aromatic rings. The number of rotatable bonds is 3. The summed E-state index contributed by atoms with van der Waals surface area (Å²) in [6.45, 7) is 4.78. The van der Waals surface area contributed by atoms with E-state index in [9.17, 15) is 0 Å². The van der Waals surface area contributed by atoms with Crippen LogP contribution in [0.2, 0.25) is 0 Å². The third-order valence-electron chi connectivity index (χ3n) is 1.72. The Balaban J connectivity index is 2.92. The highest BCUT2D eigenvalue weighted by atomic mass is 79.9. The van der Waals surface area contributed by atoms with Crippen LogP contribution >= 0.6 is 31.9 Å². The summed E-state index contributed by atoms with van der Waals surface area (Å²) in [5.74, 6) is 0.902. The van der Waals surface area contributed by atoms with Crippen molar-refractivity contribution in [1.82, 2.24) is 0 Å². The fourth-order valence-electron chi connectivity index (χ4n) is 1.04. The minimum atomic E-state index is 0.375. The Morgan fingerprint density at radius 1 is 1.46 bits per heavy atom. The van der Waals surface area contributed by atoms with Gasteiger partial charge in [-0.1, -0.05) is 22.0 Å². The van der Waals surface area contributed by atoms with Crippen molar-refractivity contribution in [3.63, 3.8) is 0 Å². The summed E-state index contributed by atoms with van der Waals surface area (Å²) < 4.78 is 6.42. The highest BCUT2D eigenvalue weighted by Crippen LogP contribution is 2.30. The third kappa shape index (κ3) is 2.99. The van der Waals surface area contributed by atoms with E-state index in [1.807, 2.05) is 13.0 Å². The molecule has 0 aliphatic heterocycles. The molecule has 0 amide bonds. The van der Waals surface area contributed by atoms with Crippen LogP contribution < -0.4 is 4.74 Å². The van der Waals surface area contributed by atoms with E-state index in [1.165, 1.54) is 5.56 Å². The predicted molar refractivity (Wildman–Crippen MR) is 62.7 cm³/mol. The zero-order chi connectivity index (χ0) is 9.84. The van der Waals surface area contributed by atoms with Crippen LogP contribution in [0.25, 0.3) is 0 Å². The summed E-state index contributed by atoms with van der Waals surface area (Å²) in [6.07, 6.45) is 0. The zero-order valence-electron chi connectivity index (χ0n) is 7.68. The molecule has 0 spiro atoms. The van der Waals surface area contributed by atoms with Crippen molar-refractivity contribution in [3.8, 4) is 5.75 Å². The average Bonchev–Trinajstić information content (AvgIpc) is 2.08. The molecule has 0 bridgehead atoms. The number of hydrogen-bond donors (Lipinski definition) is 0. The Labute approximate surface area is 95.7 Å². The van der Waals surface area contributed by atoms with E-state index in [-0.39, 0.29) is 0 Å². The van der Waals surface area contributed by atoms with Gasteiger partial charge in [-0.25, -0.2) is 0 Å². The van der Waals surface area contributed by atoms with E-state index in [0.29, 0.717) is 11.4 Å². The van der Waals surface area contributed by atoms with Crippen molar-refractivity contribution in [2.24, 2.45) is 0 Å². The monoisotopic (exact) mass is 306 g/mol. The highest BCUT2D eigenvalue weighted by Gasteiger charge is 2.05. The molecule has 1 atom stereocenters. The van der Waals surface area contributed by atoms with Crippen LogP contribution in [0.5, 0.6) is 5.75 Å². The molecule has 13 heavy (non-hydrogen) atoms. The minimum Gasteiger partial charge on any atom is -0.493 e. The van der Waals surface area contributed by atoms with Gasteiger partial charge in [0.1, 0.15) is 5.75 Å². The normalized spacial score (nSPS) is 12.6. The molecule has 1 rings (SSSR count). The second-order valence-corrected chi connectivity index (χ2v) is 4.97. The van der Waals surface area contributed by atoms with Crippen molar-refractivity contribution in [2.75, 3.05) is 6.61 Å². The van der Waals surface area contributed by atoms with E-state index >= 15 is 0 Å². The van der Waals surface area contributed by atoms with Gasteiger partial charge >= 0.3 is 0 Å². The van der Waals surface area contributed by atoms with E-state index in [0.717, 1.165) is 10.2 Å². The van der Waals surface area contributed by atoms with Crippen molar-refractivity contribution >= 4 is 31.9 Å². The van der Waals surface area contributed by atoms with Gasteiger partial charge in [0.2, 0.25) is 0 Å². The number of hydrogen-bond acceptors (Lipinski definition) is 1.